The highest BCUT2D eigenvalue weighted by molar-refractivity contribution is 6.34. The van der Waals surface area contributed by atoms with Gasteiger partial charge in [0.15, 0.2) is 23.3 Å². The van der Waals surface area contributed by atoms with Gasteiger partial charge >= 0.3 is 0 Å². The number of aromatic nitrogens is 3. The zero-order valence-corrected chi connectivity index (χ0v) is 25.1. The van der Waals surface area contributed by atoms with E-state index in [1.54, 1.807) is 19.2 Å². The van der Waals surface area contributed by atoms with E-state index in [0.29, 0.717) is 43.1 Å². The van der Waals surface area contributed by atoms with E-state index in [9.17, 15) is 23.2 Å². The van der Waals surface area contributed by atoms with Crippen molar-refractivity contribution in [2.45, 2.75) is 33.6 Å². The number of fused-ring (bicyclic) bond motifs is 1. The molecule has 0 spiro atoms. The summed E-state index contributed by atoms with van der Waals surface area (Å²) in [6.45, 7) is 9.46. The van der Waals surface area contributed by atoms with Crippen molar-refractivity contribution in [1.82, 2.24) is 19.4 Å². The minimum absolute atomic E-state index is 0.0822. The van der Waals surface area contributed by atoms with Gasteiger partial charge < -0.3 is 15.5 Å². The maximum atomic E-state index is 15.2. The number of nitrogens with zero attached hydrogens (tertiary/aromatic N) is 6. The summed E-state index contributed by atoms with van der Waals surface area (Å²) in [6.07, 6.45) is 5.44. The second-order valence-corrected chi connectivity index (χ2v) is 11.1. The van der Waals surface area contributed by atoms with Crippen molar-refractivity contribution < 1.29 is 17.6 Å². The summed E-state index contributed by atoms with van der Waals surface area (Å²) in [5.74, 6) is -7.95. The number of halogens is 5. The van der Waals surface area contributed by atoms with Gasteiger partial charge in [0.1, 0.15) is 17.3 Å². The van der Waals surface area contributed by atoms with Crippen molar-refractivity contribution >= 4 is 34.0 Å². The maximum Gasteiger partial charge on any atom is 0.276 e. The van der Waals surface area contributed by atoms with E-state index in [1.165, 1.54) is 10.6 Å². The highest BCUT2D eigenvalue weighted by atomic mass is 35.5. The minimum atomic E-state index is -2.09. The van der Waals surface area contributed by atoms with E-state index >= 15 is 4.39 Å². The summed E-state index contributed by atoms with van der Waals surface area (Å²) in [4.78, 5) is 27.3. The molecule has 5 rings (SSSR count). The Morgan fingerprint density at radius 1 is 1.07 bits per heavy atom. The van der Waals surface area contributed by atoms with Gasteiger partial charge in [-0.3, -0.25) is 14.3 Å². The third kappa shape index (κ3) is 4.91. The minimum Gasteiger partial charge on any atom is -0.396 e. The van der Waals surface area contributed by atoms with Crippen LogP contribution in [0.25, 0.3) is 28.0 Å². The normalized spacial score (nSPS) is 13.8. The molecule has 2 N–H and O–H groups in total. The fourth-order valence-electron chi connectivity index (χ4n) is 5.55. The number of aryl methyl sites for hydroxylation is 1. The molecule has 13 heteroatoms. The summed E-state index contributed by atoms with van der Waals surface area (Å²) in [7, 11) is 0. The third-order valence-corrected chi connectivity index (χ3v) is 7.93. The molecular weight excluding hydrogens is 598 g/mol. The molecule has 0 radical (unpaired) electrons. The van der Waals surface area contributed by atoms with E-state index in [1.807, 2.05) is 37.9 Å². The lowest BCUT2D eigenvalue weighted by molar-refractivity contribution is 0.349. The van der Waals surface area contributed by atoms with E-state index in [4.69, 9.17) is 17.3 Å². The molecule has 0 atom stereocenters. The average molecular weight is 626 g/mol. The van der Waals surface area contributed by atoms with Crippen molar-refractivity contribution in [1.29, 1.82) is 5.26 Å². The van der Waals surface area contributed by atoms with Gasteiger partial charge in [0.05, 0.1) is 39.0 Å². The van der Waals surface area contributed by atoms with Crippen molar-refractivity contribution in [3.63, 3.8) is 0 Å². The van der Waals surface area contributed by atoms with Crippen LogP contribution in [0.1, 0.15) is 43.5 Å². The summed E-state index contributed by atoms with van der Waals surface area (Å²) < 4.78 is 59.4. The highest BCUT2D eigenvalue weighted by Gasteiger charge is 2.31. The lowest BCUT2D eigenvalue weighted by Gasteiger charge is -2.36. The fourth-order valence-corrected chi connectivity index (χ4v) is 5.80. The van der Waals surface area contributed by atoms with Crippen LogP contribution in [0.3, 0.4) is 0 Å². The summed E-state index contributed by atoms with van der Waals surface area (Å²) in [5.41, 5.74) is 4.02. The SMILES string of the molecule is CC=CN1CCN(c2c(C#N)c(=O)n(-c3c(C)ccnc3C(C)C)c3nc(-c4c(N)c(F)c(F)c(F)c4F)c(Cl)cc23)CC1. The number of benzene rings is 1. The maximum absolute atomic E-state index is 15.2. The first-order valence-electron chi connectivity index (χ1n) is 13.8. The number of hydrogen-bond acceptors (Lipinski definition) is 7. The molecule has 1 aliphatic rings. The first kappa shape index (κ1) is 30.8. The predicted molar refractivity (Wildman–Crippen MR) is 162 cm³/mol. The fraction of sp³-hybridized carbons (Fsp3) is 0.290. The molecule has 4 aromatic rings. The lowest BCUT2D eigenvalue weighted by Crippen LogP contribution is -2.45. The molecule has 4 heterocycles. The molecule has 44 heavy (non-hydrogen) atoms. The first-order chi connectivity index (χ1) is 20.9. The van der Waals surface area contributed by atoms with Gasteiger partial charge in [0.25, 0.3) is 5.56 Å². The lowest BCUT2D eigenvalue weighted by atomic mass is 10.0. The molecule has 0 aliphatic carbocycles. The van der Waals surface area contributed by atoms with Crippen molar-refractivity contribution in [3.05, 3.63) is 86.1 Å². The molecule has 1 aliphatic heterocycles. The van der Waals surface area contributed by atoms with Gasteiger partial charge in [-0.05, 0) is 43.7 Å². The van der Waals surface area contributed by atoms with Crippen LogP contribution >= 0.6 is 11.6 Å². The Labute approximate surface area is 255 Å². The van der Waals surface area contributed by atoms with Crippen molar-refractivity contribution in [2.75, 3.05) is 36.8 Å². The average Bonchev–Trinajstić information content (AvgIpc) is 3.00. The van der Waals surface area contributed by atoms with Gasteiger partial charge in [-0.15, -0.1) is 0 Å². The summed E-state index contributed by atoms with van der Waals surface area (Å²) >= 11 is 6.61. The molecule has 1 saturated heterocycles. The Balaban J connectivity index is 1.94. The Kier molecular flexibility index (Phi) is 8.27. The Morgan fingerprint density at radius 3 is 2.34 bits per heavy atom. The smallest absolute Gasteiger partial charge is 0.276 e. The highest BCUT2D eigenvalue weighted by Crippen LogP contribution is 2.41. The number of nitrogens with two attached hydrogens (primary N) is 1. The van der Waals surface area contributed by atoms with Gasteiger partial charge in [-0.2, -0.15) is 5.26 Å². The molecule has 228 valence electrons. The van der Waals surface area contributed by atoms with Gasteiger partial charge in [-0.25, -0.2) is 22.5 Å². The zero-order valence-electron chi connectivity index (χ0n) is 24.4. The van der Waals surface area contributed by atoms with Crippen LogP contribution in [0.2, 0.25) is 5.02 Å². The van der Waals surface area contributed by atoms with Crippen LogP contribution in [0.4, 0.5) is 28.9 Å². The van der Waals surface area contributed by atoms with Crippen molar-refractivity contribution in [2.24, 2.45) is 0 Å². The van der Waals surface area contributed by atoms with Crippen molar-refractivity contribution in [3.8, 4) is 23.0 Å². The Hall–Kier alpha value is -4.63. The molecular formula is C31H28ClF4N7O. The number of anilines is 2. The zero-order chi connectivity index (χ0) is 32.0. The van der Waals surface area contributed by atoms with Crippen LogP contribution in [0.15, 0.2) is 35.4 Å². The van der Waals surface area contributed by atoms with E-state index in [0.717, 1.165) is 0 Å². The summed E-state index contributed by atoms with van der Waals surface area (Å²) in [5, 5.41) is 10.3. The van der Waals surface area contributed by atoms with E-state index in [2.05, 4.69) is 20.9 Å². The Bertz CT molecular complexity index is 1910. The molecule has 1 fully saturated rings. The first-order valence-corrected chi connectivity index (χ1v) is 14.2. The monoisotopic (exact) mass is 625 g/mol. The predicted octanol–water partition coefficient (Wildman–Crippen LogP) is 6.20. The van der Waals surface area contributed by atoms with E-state index < -0.39 is 45.8 Å². The largest absolute Gasteiger partial charge is 0.396 e. The summed E-state index contributed by atoms with van der Waals surface area (Å²) in [6, 6.07) is 5.09. The molecule has 0 unspecified atom stereocenters. The van der Waals surface area contributed by atoms with E-state index in [-0.39, 0.29) is 33.2 Å². The number of rotatable bonds is 5. The van der Waals surface area contributed by atoms with Crippen LogP contribution in [-0.2, 0) is 0 Å². The van der Waals surface area contributed by atoms with Gasteiger partial charge in [-0.1, -0.05) is 31.5 Å². The number of nitriles is 1. The second kappa shape index (κ2) is 11.8. The number of hydrogen-bond donors (Lipinski definition) is 1. The quantitative estimate of drug-likeness (QED) is 0.122. The number of pyridine rings is 3. The topological polar surface area (TPSA) is 104 Å². The number of piperazine rings is 1. The molecule has 8 nitrogen and oxygen atoms in total. The van der Waals surface area contributed by atoms with Crippen LogP contribution in [0, 0.1) is 41.5 Å². The molecule has 0 bridgehead atoms. The molecule has 3 aromatic heterocycles. The Morgan fingerprint density at radius 2 is 1.73 bits per heavy atom. The number of nitrogen functional groups attached to an aromatic ring is 1. The molecule has 0 amide bonds. The third-order valence-electron chi connectivity index (χ3n) is 7.64. The standard InChI is InChI=1S/C31H28ClF4N7O/c1-5-8-41-9-11-42(12-10-41)29-17-13-19(32)27(20-21(33)22(34)23(35)24(36)25(20)38)40-30(17)43(31(44)18(29)14-37)28-16(4)6-7-39-26(28)15(2)3/h5-8,13,15H,9-12,38H2,1-4H3. The molecule has 1 aromatic carbocycles. The van der Waals surface area contributed by atoms with Crippen LogP contribution < -0.4 is 16.2 Å². The van der Waals surface area contributed by atoms with Crippen LogP contribution in [0.5, 0.6) is 0 Å². The molecule has 0 saturated carbocycles. The van der Waals surface area contributed by atoms with Gasteiger partial charge in [0.2, 0.25) is 0 Å². The number of allylic oxidation sites excluding steroid dienone is 1. The van der Waals surface area contributed by atoms with Gasteiger partial charge in [0, 0.05) is 37.8 Å². The van der Waals surface area contributed by atoms with Crippen LogP contribution in [-0.4, -0.2) is 45.6 Å². The second-order valence-electron chi connectivity index (χ2n) is 10.7.